The average molecular weight is 182 g/mol. The Labute approximate surface area is 81.5 Å². The molecule has 2 rings (SSSR count). The molecule has 1 saturated heterocycles. The van der Waals surface area contributed by atoms with Gasteiger partial charge in [-0.25, -0.2) is 0 Å². The van der Waals surface area contributed by atoms with Gasteiger partial charge in [0.1, 0.15) is 0 Å². The Hall–Kier alpha value is -0.0800. The van der Waals surface area contributed by atoms with Crippen molar-refractivity contribution in [1.29, 1.82) is 0 Å². The molecule has 0 spiro atoms. The van der Waals surface area contributed by atoms with E-state index in [2.05, 4.69) is 11.9 Å². The SMILES string of the molecule is CN1CCC(CN)(C2CCCC2)C1. The van der Waals surface area contributed by atoms with Crippen molar-refractivity contribution in [2.24, 2.45) is 17.1 Å². The zero-order valence-corrected chi connectivity index (χ0v) is 8.76. The first-order chi connectivity index (χ1) is 6.27. The van der Waals surface area contributed by atoms with E-state index < -0.39 is 0 Å². The maximum atomic E-state index is 5.98. The van der Waals surface area contributed by atoms with Gasteiger partial charge in [-0.05, 0) is 50.7 Å². The summed E-state index contributed by atoms with van der Waals surface area (Å²) in [6.07, 6.45) is 7.09. The molecule has 1 heterocycles. The van der Waals surface area contributed by atoms with Gasteiger partial charge in [-0.3, -0.25) is 0 Å². The minimum atomic E-state index is 0.491. The summed E-state index contributed by atoms with van der Waals surface area (Å²) in [5.41, 5.74) is 6.48. The Morgan fingerprint density at radius 1 is 1.38 bits per heavy atom. The lowest BCUT2D eigenvalue weighted by Gasteiger charge is -2.34. The minimum absolute atomic E-state index is 0.491. The predicted molar refractivity (Wildman–Crippen MR) is 55.6 cm³/mol. The topological polar surface area (TPSA) is 29.3 Å². The Kier molecular flexibility index (Phi) is 2.61. The first-order valence-corrected chi connectivity index (χ1v) is 5.65. The molecule has 2 heteroatoms. The summed E-state index contributed by atoms with van der Waals surface area (Å²) in [5, 5.41) is 0. The highest BCUT2D eigenvalue weighted by molar-refractivity contribution is 4.96. The summed E-state index contributed by atoms with van der Waals surface area (Å²) in [4.78, 5) is 2.45. The van der Waals surface area contributed by atoms with E-state index in [-0.39, 0.29) is 0 Å². The Bertz CT molecular complexity index is 175. The molecule has 2 aliphatic rings. The van der Waals surface area contributed by atoms with Crippen LogP contribution in [0, 0.1) is 11.3 Å². The molecule has 76 valence electrons. The maximum Gasteiger partial charge on any atom is 0.00502 e. The largest absolute Gasteiger partial charge is 0.330 e. The number of hydrogen-bond donors (Lipinski definition) is 1. The van der Waals surface area contributed by atoms with Gasteiger partial charge in [0, 0.05) is 6.54 Å². The van der Waals surface area contributed by atoms with Crippen molar-refractivity contribution < 1.29 is 0 Å². The third kappa shape index (κ3) is 1.62. The molecule has 2 nitrogen and oxygen atoms in total. The van der Waals surface area contributed by atoms with Gasteiger partial charge in [0.15, 0.2) is 0 Å². The molecule has 0 aromatic heterocycles. The highest BCUT2D eigenvalue weighted by Crippen LogP contribution is 2.44. The molecule has 1 aliphatic heterocycles. The van der Waals surface area contributed by atoms with Crippen LogP contribution in [0.4, 0.5) is 0 Å². The fourth-order valence-corrected chi connectivity index (χ4v) is 3.31. The molecule has 0 bridgehead atoms. The van der Waals surface area contributed by atoms with Gasteiger partial charge in [-0.1, -0.05) is 12.8 Å². The Morgan fingerprint density at radius 3 is 2.54 bits per heavy atom. The summed E-state index contributed by atoms with van der Waals surface area (Å²) in [7, 11) is 2.23. The monoisotopic (exact) mass is 182 g/mol. The molecular weight excluding hydrogens is 160 g/mol. The van der Waals surface area contributed by atoms with Crippen LogP contribution in [0.15, 0.2) is 0 Å². The van der Waals surface area contributed by atoms with Crippen LogP contribution >= 0.6 is 0 Å². The second kappa shape index (κ2) is 3.58. The third-order valence-corrected chi connectivity index (χ3v) is 4.20. The second-order valence-electron chi connectivity index (χ2n) is 5.04. The number of rotatable bonds is 2. The van der Waals surface area contributed by atoms with Crippen molar-refractivity contribution in [3.05, 3.63) is 0 Å². The van der Waals surface area contributed by atoms with E-state index in [0.717, 1.165) is 12.5 Å². The van der Waals surface area contributed by atoms with Crippen LogP contribution in [-0.2, 0) is 0 Å². The summed E-state index contributed by atoms with van der Waals surface area (Å²) in [6.45, 7) is 3.41. The zero-order valence-electron chi connectivity index (χ0n) is 8.76. The van der Waals surface area contributed by atoms with Crippen molar-refractivity contribution in [3.63, 3.8) is 0 Å². The normalized spacial score (nSPS) is 37.4. The molecule has 1 saturated carbocycles. The van der Waals surface area contributed by atoms with Crippen molar-refractivity contribution in [2.75, 3.05) is 26.7 Å². The summed E-state index contributed by atoms with van der Waals surface area (Å²) >= 11 is 0. The third-order valence-electron chi connectivity index (χ3n) is 4.20. The molecule has 13 heavy (non-hydrogen) atoms. The van der Waals surface area contributed by atoms with Crippen LogP contribution in [0.3, 0.4) is 0 Å². The van der Waals surface area contributed by atoms with Crippen molar-refractivity contribution in [3.8, 4) is 0 Å². The van der Waals surface area contributed by atoms with E-state index in [0.29, 0.717) is 5.41 Å². The minimum Gasteiger partial charge on any atom is -0.330 e. The van der Waals surface area contributed by atoms with Gasteiger partial charge < -0.3 is 10.6 Å². The predicted octanol–water partition coefficient (Wildman–Crippen LogP) is 1.46. The Morgan fingerprint density at radius 2 is 2.08 bits per heavy atom. The number of nitrogens with two attached hydrogens (primary N) is 1. The van der Waals surface area contributed by atoms with Gasteiger partial charge >= 0.3 is 0 Å². The van der Waals surface area contributed by atoms with Gasteiger partial charge in [0.25, 0.3) is 0 Å². The van der Waals surface area contributed by atoms with E-state index in [1.807, 2.05) is 0 Å². The summed E-state index contributed by atoms with van der Waals surface area (Å²) in [5.74, 6) is 0.933. The summed E-state index contributed by atoms with van der Waals surface area (Å²) < 4.78 is 0. The molecule has 1 atom stereocenters. The molecule has 1 unspecified atom stereocenters. The van der Waals surface area contributed by atoms with E-state index in [1.165, 1.54) is 45.2 Å². The van der Waals surface area contributed by atoms with Gasteiger partial charge in [-0.15, -0.1) is 0 Å². The molecular formula is C11H22N2. The fourth-order valence-electron chi connectivity index (χ4n) is 3.31. The van der Waals surface area contributed by atoms with Gasteiger partial charge in [0.05, 0.1) is 0 Å². The van der Waals surface area contributed by atoms with Crippen LogP contribution in [0.1, 0.15) is 32.1 Å². The van der Waals surface area contributed by atoms with Crippen LogP contribution < -0.4 is 5.73 Å². The first-order valence-electron chi connectivity index (χ1n) is 5.65. The highest BCUT2D eigenvalue weighted by Gasteiger charge is 2.42. The Balaban J connectivity index is 2.06. The van der Waals surface area contributed by atoms with E-state index >= 15 is 0 Å². The number of nitrogens with zero attached hydrogens (tertiary/aromatic N) is 1. The molecule has 0 aromatic rings. The van der Waals surface area contributed by atoms with Crippen LogP contribution in [0.25, 0.3) is 0 Å². The molecule has 2 N–H and O–H groups in total. The lowest BCUT2D eigenvalue weighted by atomic mass is 9.73. The smallest absolute Gasteiger partial charge is 0.00502 e. The fraction of sp³-hybridized carbons (Fsp3) is 1.00. The van der Waals surface area contributed by atoms with Gasteiger partial charge in [0.2, 0.25) is 0 Å². The molecule has 2 fully saturated rings. The van der Waals surface area contributed by atoms with Crippen LogP contribution in [0.5, 0.6) is 0 Å². The van der Waals surface area contributed by atoms with Crippen molar-refractivity contribution >= 4 is 0 Å². The van der Waals surface area contributed by atoms with E-state index in [9.17, 15) is 0 Å². The molecule has 1 aliphatic carbocycles. The zero-order chi connectivity index (χ0) is 9.31. The maximum absolute atomic E-state index is 5.98. The van der Waals surface area contributed by atoms with Crippen LogP contribution in [-0.4, -0.2) is 31.6 Å². The lowest BCUT2D eigenvalue weighted by molar-refractivity contribution is 0.179. The molecule has 0 radical (unpaired) electrons. The number of hydrogen-bond acceptors (Lipinski definition) is 2. The summed E-state index contributed by atoms with van der Waals surface area (Å²) in [6, 6.07) is 0. The first kappa shape index (κ1) is 9.47. The van der Waals surface area contributed by atoms with Crippen LogP contribution in [0.2, 0.25) is 0 Å². The lowest BCUT2D eigenvalue weighted by Crippen LogP contribution is -2.39. The molecule has 0 amide bonds. The van der Waals surface area contributed by atoms with Crippen molar-refractivity contribution in [2.45, 2.75) is 32.1 Å². The highest BCUT2D eigenvalue weighted by atomic mass is 15.1. The second-order valence-corrected chi connectivity index (χ2v) is 5.04. The van der Waals surface area contributed by atoms with E-state index in [4.69, 9.17) is 5.73 Å². The quantitative estimate of drug-likeness (QED) is 0.700. The van der Waals surface area contributed by atoms with Gasteiger partial charge in [-0.2, -0.15) is 0 Å². The van der Waals surface area contributed by atoms with E-state index in [1.54, 1.807) is 0 Å². The number of likely N-dealkylation sites (tertiary alicyclic amines) is 1. The average Bonchev–Trinajstić information content (AvgIpc) is 2.73. The standard InChI is InChI=1S/C11H22N2/c1-13-7-6-11(8-12,9-13)10-4-2-3-5-10/h10H,2-9,12H2,1H3. The molecule has 0 aromatic carbocycles. The van der Waals surface area contributed by atoms with Crippen molar-refractivity contribution in [1.82, 2.24) is 4.90 Å².